The van der Waals surface area contributed by atoms with Gasteiger partial charge in [0.05, 0.1) is 18.3 Å². The lowest BCUT2D eigenvalue weighted by molar-refractivity contribution is 0.0895. The second kappa shape index (κ2) is 7.53. The smallest absolute Gasteiger partial charge is 0.273 e. The van der Waals surface area contributed by atoms with E-state index in [4.69, 9.17) is 0 Å². The number of nitrogens with one attached hydrogen (secondary N) is 2. The van der Waals surface area contributed by atoms with Gasteiger partial charge in [-0.2, -0.15) is 0 Å². The van der Waals surface area contributed by atoms with Crippen molar-refractivity contribution in [2.24, 2.45) is 5.92 Å². The fourth-order valence-corrected chi connectivity index (χ4v) is 3.76. The van der Waals surface area contributed by atoms with Gasteiger partial charge in [-0.05, 0) is 62.4 Å². The molecule has 1 unspecified atom stereocenters. The Bertz CT molecular complexity index is 750. The molecule has 1 saturated carbocycles. The van der Waals surface area contributed by atoms with Crippen LogP contribution in [0.3, 0.4) is 0 Å². The predicted octanol–water partition coefficient (Wildman–Crippen LogP) is 2.61. The van der Waals surface area contributed by atoms with Crippen molar-refractivity contribution in [1.82, 2.24) is 25.6 Å². The van der Waals surface area contributed by atoms with Crippen molar-refractivity contribution in [1.29, 1.82) is 0 Å². The third-order valence-electron chi connectivity index (χ3n) is 5.56. The van der Waals surface area contributed by atoms with Gasteiger partial charge in [0.1, 0.15) is 5.82 Å². The predicted molar refractivity (Wildman–Crippen MR) is 95.1 cm³/mol. The highest BCUT2D eigenvalue weighted by molar-refractivity contribution is 5.92. The number of hydrogen-bond acceptors (Lipinski definition) is 4. The van der Waals surface area contributed by atoms with Gasteiger partial charge in [-0.3, -0.25) is 4.79 Å². The van der Waals surface area contributed by atoms with Gasteiger partial charge in [0.15, 0.2) is 5.69 Å². The standard InChI is InChI=1S/C19H24FN5O/c20-15-6-4-14(5-7-15)18(13-2-1-3-13)22-19(26)17-12-25(24-23-17)16-8-10-21-11-9-16/h4-7,12-13,16,18,21H,1-3,8-11H2,(H,22,26). The Labute approximate surface area is 152 Å². The summed E-state index contributed by atoms with van der Waals surface area (Å²) in [5, 5.41) is 14.7. The van der Waals surface area contributed by atoms with Crippen molar-refractivity contribution < 1.29 is 9.18 Å². The Kier molecular flexibility index (Phi) is 4.97. The lowest BCUT2D eigenvalue weighted by Crippen LogP contribution is -2.36. The van der Waals surface area contributed by atoms with Gasteiger partial charge in [-0.15, -0.1) is 5.10 Å². The van der Waals surface area contributed by atoms with E-state index in [9.17, 15) is 9.18 Å². The van der Waals surface area contributed by atoms with Crippen LogP contribution in [0.2, 0.25) is 0 Å². The number of carbonyl (C=O) groups excluding carboxylic acids is 1. The van der Waals surface area contributed by atoms with E-state index in [2.05, 4.69) is 20.9 Å². The maximum Gasteiger partial charge on any atom is 0.273 e. The van der Waals surface area contributed by atoms with E-state index in [0.717, 1.165) is 44.3 Å². The molecular weight excluding hydrogens is 333 g/mol. The quantitative estimate of drug-likeness (QED) is 0.863. The maximum atomic E-state index is 13.2. The van der Waals surface area contributed by atoms with Gasteiger partial charge >= 0.3 is 0 Å². The van der Waals surface area contributed by atoms with Crippen LogP contribution in [0.4, 0.5) is 4.39 Å². The lowest BCUT2D eigenvalue weighted by atomic mass is 9.77. The fraction of sp³-hybridized carbons (Fsp3) is 0.526. The van der Waals surface area contributed by atoms with Crippen LogP contribution in [0.15, 0.2) is 30.5 Å². The molecule has 1 atom stereocenters. The number of carbonyl (C=O) groups is 1. The molecule has 2 aliphatic rings. The minimum atomic E-state index is -0.266. The molecule has 26 heavy (non-hydrogen) atoms. The highest BCUT2D eigenvalue weighted by Gasteiger charge is 2.31. The van der Waals surface area contributed by atoms with Crippen LogP contribution < -0.4 is 10.6 Å². The van der Waals surface area contributed by atoms with Gasteiger partial charge in [0.25, 0.3) is 5.91 Å². The third kappa shape index (κ3) is 3.62. The minimum Gasteiger partial charge on any atom is -0.344 e. The van der Waals surface area contributed by atoms with Gasteiger partial charge < -0.3 is 10.6 Å². The van der Waals surface area contributed by atoms with E-state index in [-0.39, 0.29) is 17.8 Å². The summed E-state index contributed by atoms with van der Waals surface area (Å²) in [7, 11) is 0. The average Bonchev–Trinajstić information content (AvgIpc) is 3.11. The number of benzene rings is 1. The molecule has 4 rings (SSSR count). The van der Waals surface area contributed by atoms with Gasteiger partial charge in [0, 0.05) is 0 Å². The fourth-order valence-electron chi connectivity index (χ4n) is 3.76. The van der Waals surface area contributed by atoms with Crippen LogP contribution in [0, 0.1) is 11.7 Å². The molecule has 1 saturated heterocycles. The zero-order valence-electron chi connectivity index (χ0n) is 14.7. The van der Waals surface area contributed by atoms with Crippen molar-refractivity contribution in [3.05, 3.63) is 47.5 Å². The van der Waals surface area contributed by atoms with Crippen molar-refractivity contribution in [3.8, 4) is 0 Å². The Balaban J connectivity index is 1.47. The second-order valence-corrected chi connectivity index (χ2v) is 7.26. The van der Waals surface area contributed by atoms with E-state index in [1.165, 1.54) is 18.6 Å². The van der Waals surface area contributed by atoms with Crippen LogP contribution in [0.5, 0.6) is 0 Å². The first kappa shape index (κ1) is 17.1. The SMILES string of the molecule is O=C(NC(c1ccc(F)cc1)C1CCC1)c1cn(C2CCNCC2)nn1. The molecule has 6 nitrogen and oxygen atoms in total. The highest BCUT2D eigenvalue weighted by Crippen LogP contribution is 2.37. The molecular formula is C19H24FN5O. The van der Waals surface area contributed by atoms with Crippen LogP contribution in [0.1, 0.15) is 60.2 Å². The summed E-state index contributed by atoms with van der Waals surface area (Å²) >= 11 is 0. The summed E-state index contributed by atoms with van der Waals surface area (Å²) in [6.07, 6.45) is 7.04. The molecule has 2 heterocycles. The molecule has 0 bridgehead atoms. The number of hydrogen-bond donors (Lipinski definition) is 2. The summed E-state index contributed by atoms with van der Waals surface area (Å²) < 4.78 is 15.1. The largest absolute Gasteiger partial charge is 0.344 e. The number of amides is 1. The monoisotopic (exact) mass is 357 g/mol. The molecule has 2 N–H and O–H groups in total. The normalized spacial score (nSPS) is 19.7. The number of halogens is 1. The Hall–Kier alpha value is -2.28. The van der Waals surface area contributed by atoms with Crippen molar-refractivity contribution in [2.45, 2.75) is 44.2 Å². The molecule has 1 aromatic carbocycles. The minimum absolute atomic E-state index is 0.110. The first-order valence-electron chi connectivity index (χ1n) is 9.39. The molecule has 1 aliphatic heterocycles. The summed E-state index contributed by atoms with van der Waals surface area (Å²) in [6, 6.07) is 6.58. The van der Waals surface area contributed by atoms with Crippen LogP contribution in [-0.4, -0.2) is 34.0 Å². The van der Waals surface area contributed by atoms with Crippen molar-refractivity contribution in [2.75, 3.05) is 13.1 Å². The van der Waals surface area contributed by atoms with Gasteiger partial charge in [-0.25, -0.2) is 9.07 Å². The molecule has 0 radical (unpaired) electrons. The number of rotatable bonds is 5. The number of nitrogens with zero attached hydrogens (tertiary/aromatic N) is 3. The maximum absolute atomic E-state index is 13.2. The highest BCUT2D eigenvalue weighted by atomic mass is 19.1. The lowest BCUT2D eigenvalue weighted by Gasteiger charge is -2.34. The number of piperidine rings is 1. The zero-order valence-corrected chi connectivity index (χ0v) is 14.7. The first-order valence-corrected chi connectivity index (χ1v) is 9.39. The molecule has 1 amide bonds. The average molecular weight is 357 g/mol. The molecule has 2 fully saturated rings. The molecule has 1 aliphatic carbocycles. The van der Waals surface area contributed by atoms with Gasteiger partial charge in [-0.1, -0.05) is 23.8 Å². The van der Waals surface area contributed by atoms with Crippen molar-refractivity contribution >= 4 is 5.91 Å². The Morgan fingerprint density at radius 3 is 2.58 bits per heavy atom. The molecule has 1 aromatic heterocycles. The van der Waals surface area contributed by atoms with E-state index < -0.39 is 0 Å². The third-order valence-corrected chi connectivity index (χ3v) is 5.56. The topological polar surface area (TPSA) is 71.8 Å². The van der Waals surface area contributed by atoms with E-state index in [1.807, 2.05) is 4.68 Å². The van der Waals surface area contributed by atoms with Crippen LogP contribution in [-0.2, 0) is 0 Å². The molecule has 138 valence electrons. The molecule has 2 aromatic rings. The Morgan fingerprint density at radius 2 is 1.92 bits per heavy atom. The summed E-state index contributed by atoms with van der Waals surface area (Å²) in [6.45, 7) is 1.92. The molecule has 7 heteroatoms. The number of aromatic nitrogens is 3. The van der Waals surface area contributed by atoms with Crippen molar-refractivity contribution in [3.63, 3.8) is 0 Å². The first-order chi connectivity index (χ1) is 12.7. The summed E-state index contributed by atoms with van der Waals surface area (Å²) in [5.41, 5.74) is 1.28. The van der Waals surface area contributed by atoms with Gasteiger partial charge in [0.2, 0.25) is 0 Å². The van der Waals surface area contributed by atoms with Crippen LogP contribution in [0.25, 0.3) is 0 Å². The summed E-state index contributed by atoms with van der Waals surface area (Å²) in [4.78, 5) is 12.7. The zero-order chi connectivity index (χ0) is 17.9. The Morgan fingerprint density at radius 1 is 1.19 bits per heavy atom. The van der Waals surface area contributed by atoms with Crippen LogP contribution >= 0.6 is 0 Å². The second-order valence-electron chi connectivity index (χ2n) is 7.26. The molecule has 0 spiro atoms. The van der Waals surface area contributed by atoms with E-state index >= 15 is 0 Å². The van der Waals surface area contributed by atoms with E-state index in [1.54, 1.807) is 18.3 Å². The van der Waals surface area contributed by atoms with E-state index in [0.29, 0.717) is 17.7 Å². The summed E-state index contributed by atoms with van der Waals surface area (Å²) in [5.74, 6) is -0.0902.